The molecule has 0 saturated heterocycles. The van der Waals surface area contributed by atoms with Crippen LogP contribution in [0.3, 0.4) is 0 Å². The molecule has 0 bridgehead atoms. The van der Waals surface area contributed by atoms with Gasteiger partial charge in [-0.05, 0) is 42.5 Å². The molecule has 0 N–H and O–H groups in total. The highest BCUT2D eigenvalue weighted by atomic mass is 79.9. The molecule has 0 spiro atoms. The van der Waals surface area contributed by atoms with Gasteiger partial charge in [0.05, 0.1) is 12.0 Å². The fourth-order valence-corrected chi connectivity index (χ4v) is 3.44. The van der Waals surface area contributed by atoms with E-state index in [-0.39, 0.29) is 10.7 Å². The smallest absolute Gasteiger partial charge is 0.242 e. The van der Waals surface area contributed by atoms with Gasteiger partial charge in [0, 0.05) is 29.7 Å². The summed E-state index contributed by atoms with van der Waals surface area (Å²) in [6.07, 6.45) is 3.03. The minimum absolute atomic E-state index is 0.0804. The molecule has 25 heavy (non-hydrogen) atoms. The van der Waals surface area contributed by atoms with Crippen LogP contribution in [-0.4, -0.2) is 39.7 Å². The average Bonchev–Trinajstić information content (AvgIpc) is 2.59. The van der Waals surface area contributed by atoms with Crippen LogP contribution in [-0.2, 0) is 10.0 Å². The van der Waals surface area contributed by atoms with Gasteiger partial charge in [0.2, 0.25) is 10.0 Å². The van der Waals surface area contributed by atoms with Gasteiger partial charge in [0.25, 0.3) is 0 Å². The average molecular weight is 424 g/mol. The van der Waals surface area contributed by atoms with Crippen molar-refractivity contribution in [1.82, 2.24) is 4.31 Å². The molecule has 0 aliphatic rings. The highest BCUT2D eigenvalue weighted by Gasteiger charge is 2.18. The minimum atomic E-state index is -3.59. The zero-order chi connectivity index (χ0) is 18.6. The van der Waals surface area contributed by atoms with Gasteiger partial charge in [0.1, 0.15) is 5.75 Å². The van der Waals surface area contributed by atoms with Gasteiger partial charge in [-0.25, -0.2) is 12.7 Å². The number of ether oxygens (including phenoxy) is 1. The number of halogens is 1. The molecule has 2 aromatic rings. The summed E-state index contributed by atoms with van der Waals surface area (Å²) < 4.78 is 31.6. The molecule has 0 radical (unpaired) electrons. The maximum Gasteiger partial charge on any atom is 0.242 e. The predicted octanol–water partition coefficient (Wildman–Crippen LogP) is 3.60. The number of hydrogen-bond acceptors (Lipinski definition) is 4. The molecule has 132 valence electrons. The molecular formula is C18H18BrNO4S. The topological polar surface area (TPSA) is 63.7 Å². The maximum atomic E-state index is 12.4. The van der Waals surface area contributed by atoms with Crippen LogP contribution in [0, 0.1) is 0 Å². The van der Waals surface area contributed by atoms with Crippen molar-refractivity contribution in [2.24, 2.45) is 0 Å². The van der Waals surface area contributed by atoms with Crippen molar-refractivity contribution in [1.29, 1.82) is 0 Å². The van der Waals surface area contributed by atoms with Gasteiger partial charge in [-0.1, -0.05) is 28.1 Å². The van der Waals surface area contributed by atoms with E-state index < -0.39 is 10.0 Å². The summed E-state index contributed by atoms with van der Waals surface area (Å²) in [5, 5.41) is 0. The van der Waals surface area contributed by atoms with E-state index in [4.69, 9.17) is 4.74 Å². The van der Waals surface area contributed by atoms with Crippen molar-refractivity contribution in [3.8, 4) is 5.75 Å². The van der Waals surface area contributed by atoms with Crippen LogP contribution in [0.25, 0.3) is 6.08 Å². The monoisotopic (exact) mass is 423 g/mol. The number of methoxy groups -OCH3 is 1. The van der Waals surface area contributed by atoms with Gasteiger partial charge >= 0.3 is 0 Å². The van der Waals surface area contributed by atoms with E-state index in [9.17, 15) is 13.2 Å². The van der Waals surface area contributed by atoms with Crippen molar-refractivity contribution in [2.75, 3.05) is 21.2 Å². The van der Waals surface area contributed by atoms with E-state index in [1.54, 1.807) is 31.4 Å². The molecule has 0 amide bonds. The van der Waals surface area contributed by atoms with Gasteiger partial charge < -0.3 is 4.74 Å². The number of sulfonamides is 1. The van der Waals surface area contributed by atoms with Crippen LogP contribution in [0.15, 0.2) is 57.9 Å². The molecular weight excluding hydrogens is 406 g/mol. The Hall–Kier alpha value is -1.96. The van der Waals surface area contributed by atoms with Crippen LogP contribution < -0.4 is 4.74 Å². The number of nitrogens with zero attached hydrogens (tertiary/aromatic N) is 1. The van der Waals surface area contributed by atoms with Crippen molar-refractivity contribution in [3.05, 3.63) is 64.1 Å². The van der Waals surface area contributed by atoms with E-state index in [1.807, 2.05) is 12.1 Å². The minimum Gasteiger partial charge on any atom is -0.496 e. The summed E-state index contributed by atoms with van der Waals surface area (Å²) in [7, 11) is 0.863. The van der Waals surface area contributed by atoms with Crippen LogP contribution in [0.1, 0.15) is 15.9 Å². The second kappa shape index (κ2) is 7.95. The zero-order valence-electron chi connectivity index (χ0n) is 14.1. The molecule has 0 unspecified atom stereocenters. The van der Waals surface area contributed by atoms with Crippen LogP contribution in [0.5, 0.6) is 5.75 Å². The zero-order valence-corrected chi connectivity index (χ0v) is 16.5. The molecule has 0 atom stereocenters. The van der Waals surface area contributed by atoms with E-state index in [2.05, 4.69) is 15.9 Å². The molecule has 2 aromatic carbocycles. The number of carbonyl (C=O) groups excluding carboxylic acids is 1. The summed E-state index contributed by atoms with van der Waals surface area (Å²) in [6.45, 7) is 0. The first kappa shape index (κ1) is 19.4. The summed E-state index contributed by atoms with van der Waals surface area (Å²) in [6, 6.07) is 11.4. The second-order valence-corrected chi connectivity index (χ2v) is 8.47. The van der Waals surface area contributed by atoms with Crippen molar-refractivity contribution < 1.29 is 17.9 Å². The lowest BCUT2D eigenvalue weighted by Crippen LogP contribution is -2.22. The lowest BCUT2D eigenvalue weighted by Gasteiger charge is -2.11. The van der Waals surface area contributed by atoms with E-state index in [1.165, 1.54) is 32.3 Å². The number of carbonyl (C=O) groups is 1. The molecule has 0 saturated carbocycles. The Kier molecular flexibility index (Phi) is 6.16. The third kappa shape index (κ3) is 4.56. The first-order valence-electron chi connectivity index (χ1n) is 7.34. The lowest BCUT2D eigenvalue weighted by molar-refractivity contribution is 0.104. The third-order valence-corrected chi connectivity index (χ3v) is 5.81. The first-order chi connectivity index (χ1) is 11.8. The van der Waals surface area contributed by atoms with Crippen molar-refractivity contribution >= 4 is 37.8 Å². The van der Waals surface area contributed by atoms with Crippen molar-refractivity contribution in [2.45, 2.75) is 4.90 Å². The van der Waals surface area contributed by atoms with Gasteiger partial charge in [0.15, 0.2) is 5.78 Å². The summed E-state index contributed by atoms with van der Waals surface area (Å²) in [5.74, 6) is 0.342. The van der Waals surface area contributed by atoms with Crippen LogP contribution in [0.4, 0.5) is 0 Å². The predicted molar refractivity (Wildman–Crippen MR) is 101 cm³/mol. The lowest BCUT2D eigenvalue weighted by atomic mass is 10.1. The Morgan fingerprint density at radius 2 is 1.88 bits per heavy atom. The third-order valence-electron chi connectivity index (χ3n) is 3.50. The molecule has 5 nitrogen and oxygen atoms in total. The molecule has 2 rings (SSSR count). The Morgan fingerprint density at radius 1 is 1.16 bits per heavy atom. The fourth-order valence-electron chi connectivity index (χ4n) is 2.12. The summed E-state index contributed by atoms with van der Waals surface area (Å²) in [4.78, 5) is 12.5. The molecule has 0 fully saturated rings. The second-order valence-electron chi connectivity index (χ2n) is 5.40. The first-order valence-corrected chi connectivity index (χ1v) is 9.57. The highest BCUT2D eigenvalue weighted by molar-refractivity contribution is 9.10. The van der Waals surface area contributed by atoms with Gasteiger partial charge in [-0.3, -0.25) is 4.79 Å². The number of hydrogen-bond donors (Lipinski definition) is 0. The SMILES string of the molecule is COc1ccc(Br)cc1/C=C/C(=O)c1cccc(S(=O)(=O)N(C)C)c1. The van der Waals surface area contributed by atoms with Crippen molar-refractivity contribution in [3.63, 3.8) is 0 Å². The number of benzene rings is 2. The van der Waals surface area contributed by atoms with Gasteiger partial charge in [-0.15, -0.1) is 0 Å². The van der Waals surface area contributed by atoms with Crippen LogP contribution >= 0.6 is 15.9 Å². The Labute approximate surface area is 156 Å². The molecule has 7 heteroatoms. The quantitative estimate of drug-likeness (QED) is 0.525. The Morgan fingerprint density at radius 3 is 2.52 bits per heavy atom. The molecule has 0 aliphatic carbocycles. The molecule has 0 heterocycles. The number of rotatable bonds is 6. The normalized spacial score (nSPS) is 11.9. The molecule has 0 aliphatic heterocycles. The summed E-state index contributed by atoms with van der Waals surface area (Å²) >= 11 is 3.38. The maximum absolute atomic E-state index is 12.4. The highest BCUT2D eigenvalue weighted by Crippen LogP contribution is 2.24. The van der Waals surface area contributed by atoms with Gasteiger partial charge in [-0.2, -0.15) is 0 Å². The largest absolute Gasteiger partial charge is 0.496 e. The van der Waals surface area contributed by atoms with E-state index in [0.29, 0.717) is 11.3 Å². The number of ketones is 1. The molecule has 0 aromatic heterocycles. The van der Waals surface area contributed by atoms with Crippen LogP contribution in [0.2, 0.25) is 0 Å². The Balaban J connectivity index is 2.32. The van der Waals surface area contributed by atoms with E-state index in [0.717, 1.165) is 14.3 Å². The number of allylic oxidation sites excluding steroid dienone is 1. The standard InChI is InChI=1S/C18H18BrNO4S/c1-20(2)25(22,23)16-6-4-5-13(12-16)17(21)9-7-14-11-15(19)8-10-18(14)24-3/h4-12H,1-3H3/b9-7+. The van der Waals surface area contributed by atoms with E-state index >= 15 is 0 Å². The fraction of sp³-hybridized carbons (Fsp3) is 0.167. The summed E-state index contributed by atoms with van der Waals surface area (Å²) in [5.41, 5.74) is 1.04. The Bertz CT molecular complexity index is 920.